The zero-order valence-corrected chi connectivity index (χ0v) is 15.4. The normalized spacial score (nSPS) is 19.1. The van der Waals surface area contributed by atoms with Crippen LogP contribution in [0.3, 0.4) is 0 Å². The van der Waals surface area contributed by atoms with Crippen LogP contribution in [0.25, 0.3) is 10.8 Å². The van der Waals surface area contributed by atoms with Crippen molar-refractivity contribution < 1.29 is 23.1 Å². The average molecular weight is 397 g/mol. The van der Waals surface area contributed by atoms with Crippen LogP contribution in [0.5, 0.6) is 0 Å². The predicted octanol–water partition coefficient (Wildman–Crippen LogP) is 1.85. The lowest BCUT2D eigenvalue weighted by molar-refractivity contribution is -0.147. The number of halogens is 1. The van der Waals surface area contributed by atoms with Crippen molar-refractivity contribution in [1.29, 1.82) is 0 Å². The molecule has 2 aromatic carbocycles. The van der Waals surface area contributed by atoms with E-state index in [1.807, 2.05) is 0 Å². The van der Waals surface area contributed by atoms with E-state index in [-0.39, 0.29) is 17.9 Å². The number of carbonyl (C=O) groups is 2. The maximum atomic E-state index is 12.6. The molecule has 26 heavy (non-hydrogen) atoms. The van der Waals surface area contributed by atoms with Crippen LogP contribution in [0.4, 0.5) is 0 Å². The molecule has 7 nitrogen and oxygen atoms in total. The van der Waals surface area contributed by atoms with Gasteiger partial charge in [0.2, 0.25) is 15.9 Å². The minimum Gasteiger partial charge on any atom is -0.480 e. The minimum atomic E-state index is -3.93. The van der Waals surface area contributed by atoms with Gasteiger partial charge in [-0.1, -0.05) is 23.7 Å². The Hall–Kier alpha value is -2.16. The van der Waals surface area contributed by atoms with E-state index in [0.29, 0.717) is 10.4 Å². The van der Waals surface area contributed by atoms with Gasteiger partial charge in [-0.2, -0.15) is 4.72 Å². The Labute approximate surface area is 155 Å². The molecule has 0 radical (unpaired) electrons. The highest BCUT2D eigenvalue weighted by molar-refractivity contribution is 7.89. The van der Waals surface area contributed by atoms with Gasteiger partial charge in [-0.15, -0.1) is 0 Å². The van der Waals surface area contributed by atoms with E-state index in [4.69, 9.17) is 16.7 Å². The summed E-state index contributed by atoms with van der Waals surface area (Å²) in [6.07, 6.45) is 0.221. The summed E-state index contributed by atoms with van der Waals surface area (Å²) >= 11 is 5.92. The number of likely N-dealkylation sites (tertiary alicyclic amines) is 1. The summed E-state index contributed by atoms with van der Waals surface area (Å²) in [5.41, 5.74) is 0. The summed E-state index contributed by atoms with van der Waals surface area (Å²) in [6, 6.07) is 7.73. The van der Waals surface area contributed by atoms with Gasteiger partial charge in [0.15, 0.2) is 0 Å². The third-order valence-electron chi connectivity index (χ3n) is 4.45. The molecule has 1 heterocycles. The fourth-order valence-electron chi connectivity index (χ4n) is 2.95. The van der Waals surface area contributed by atoms with Gasteiger partial charge >= 0.3 is 5.97 Å². The van der Waals surface area contributed by atoms with Crippen molar-refractivity contribution in [1.82, 2.24) is 9.62 Å². The molecular formula is C17H17ClN2O5S. The number of nitrogens with one attached hydrogen (secondary N) is 1. The fourth-order valence-corrected chi connectivity index (χ4v) is 4.39. The van der Waals surface area contributed by atoms with E-state index < -0.39 is 34.0 Å². The molecule has 2 aromatic rings. The highest BCUT2D eigenvalue weighted by Gasteiger charge is 2.39. The Balaban J connectivity index is 1.82. The van der Waals surface area contributed by atoms with E-state index in [2.05, 4.69) is 4.72 Å². The summed E-state index contributed by atoms with van der Waals surface area (Å²) in [4.78, 5) is 24.6. The summed E-state index contributed by atoms with van der Waals surface area (Å²) < 4.78 is 27.6. The molecule has 1 amide bonds. The number of carboxylic acids is 1. The number of benzene rings is 2. The Kier molecular flexibility index (Phi) is 4.92. The number of carbonyl (C=O) groups excluding carboxylic acids is 1. The Morgan fingerprint density at radius 3 is 2.62 bits per heavy atom. The smallest absolute Gasteiger partial charge is 0.326 e. The van der Waals surface area contributed by atoms with Crippen LogP contribution >= 0.6 is 11.6 Å². The molecule has 0 spiro atoms. The van der Waals surface area contributed by atoms with Crippen molar-refractivity contribution in [3.05, 3.63) is 41.4 Å². The van der Waals surface area contributed by atoms with Crippen molar-refractivity contribution in [2.75, 3.05) is 6.54 Å². The second-order valence-corrected chi connectivity index (χ2v) is 8.31. The lowest BCUT2D eigenvalue weighted by Crippen LogP contribution is -2.46. The number of hydrogen-bond acceptors (Lipinski definition) is 4. The van der Waals surface area contributed by atoms with Gasteiger partial charge < -0.3 is 10.0 Å². The lowest BCUT2D eigenvalue weighted by atomic mass is 10.1. The standard InChI is InChI=1S/C17H17ClN2O5S/c1-10(17(22)23)20-7-6-15(16(20)21)19-26(24,25)14-5-3-11-8-13(18)4-2-12(11)9-14/h2-5,8-10,15,19H,6-7H2,1H3,(H,22,23)/t10-,15?/m0/s1. The first-order chi connectivity index (χ1) is 12.2. The van der Waals surface area contributed by atoms with E-state index >= 15 is 0 Å². The fraction of sp³-hybridized carbons (Fsp3) is 0.294. The van der Waals surface area contributed by atoms with E-state index in [1.165, 1.54) is 19.1 Å². The van der Waals surface area contributed by atoms with Crippen molar-refractivity contribution in [2.24, 2.45) is 0 Å². The molecule has 9 heteroatoms. The van der Waals surface area contributed by atoms with Crippen LogP contribution < -0.4 is 4.72 Å². The molecule has 1 saturated heterocycles. The van der Waals surface area contributed by atoms with Gasteiger partial charge in [-0.3, -0.25) is 4.79 Å². The number of amides is 1. The van der Waals surface area contributed by atoms with Crippen molar-refractivity contribution in [3.63, 3.8) is 0 Å². The van der Waals surface area contributed by atoms with Gasteiger partial charge in [0, 0.05) is 11.6 Å². The van der Waals surface area contributed by atoms with Gasteiger partial charge in [-0.05, 0) is 48.4 Å². The molecule has 3 rings (SSSR count). The first kappa shape index (κ1) is 18.6. The molecule has 0 bridgehead atoms. The number of hydrogen-bond donors (Lipinski definition) is 2. The van der Waals surface area contributed by atoms with Crippen molar-refractivity contribution in [3.8, 4) is 0 Å². The monoisotopic (exact) mass is 396 g/mol. The highest BCUT2D eigenvalue weighted by atomic mass is 35.5. The molecule has 0 saturated carbocycles. The molecule has 0 aromatic heterocycles. The molecule has 1 fully saturated rings. The quantitative estimate of drug-likeness (QED) is 0.802. The van der Waals surface area contributed by atoms with E-state index in [9.17, 15) is 18.0 Å². The number of sulfonamides is 1. The molecule has 1 aliphatic heterocycles. The summed E-state index contributed by atoms with van der Waals surface area (Å²) in [6.45, 7) is 1.58. The molecular weight excluding hydrogens is 380 g/mol. The SMILES string of the molecule is C[C@@H](C(=O)O)N1CCC(NS(=O)(=O)c2ccc3cc(Cl)ccc3c2)C1=O. The molecule has 138 valence electrons. The van der Waals surface area contributed by atoms with E-state index in [0.717, 1.165) is 10.3 Å². The first-order valence-electron chi connectivity index (χ1n) is 7.94. The zero-order chi connectivity index (χ0) is 19.1. The number of carboxylic acid groups (broad SMARTS) is 1. The van der Waals surface area contributed by atoms with Crippen LogP contribution in [-0.2, 0) is 19.6 Å². The second kappa shape index (κ2) is 6.86. The van der Waals surface area contributed by atoms with Gasteiger partial charge in [0.05, 0.1) is 4.90 Å². The minimum absolute atomic E-state index is 0.0323. The Bertz CT molecular complexity index is 992. The van der Waals surface area contributed by atoms with Crippen molar-refractivity contribution >= 4 is 44.3 Å². The molecule has 1 aliphatic rings. The maximum Gasteiger partial charge on any atom is 0.326 e. The lowest BCUT2D eigenvalue weighted by Gasteiger charge is -2.21. The zero-order valence-electron chi connectivity index (χ0n) is 13.8. The van der Waals surface area contributed by atoms with Gasteiger partial charge in [-0.25, -0.2) is 13.2 Å². The molecule has 2 N–H and O–H groups in total. The number of nitrogens with zero attached hydrogens (tertiary/aromatic N) is 1. The molecule has 1 unspecified atom stereocenters. The van der Waals surface area contributed by atoms with Crippen LogP contribution in [0.1, 0.15) is 13.3 Å². The van der Waals surface area contributed by atoms with Crippen LogP contribution in [0, 0.1) is 0 Å². The predicted molar refractivity (Wildman–Crippen MR) is 96.5 cm³/mol. The Morgan fingerprint density at radius 1 is 1.27 bits per heavy atom. The Morgan fingerprint density at radius 2 is 1.92 bits per heavy atom. The number of aliphatic carboxylic acids is 1. The van der Waals surface area contributed by atoms with Gasteiger partial charge in [0.25, 0.3) is 0 Å². The average Bonchev–Trinajstić information content (AvgIpc) is 2.93. The molecule has 0 aliphatic carbocycles. The van der Waals surface area contributed by atoms with Crippen LogP contribution in [0.15, 0.2) is 41.3 Å². The van der Waals surface area contributed by atoms with E-state index in [1.54, 1.807) is 24.3 Å². The first-order valence-corrected chi connectivity index (χ1v) is 9.80. The summed E-state index contributed by atoms with van der Waals surface area (Å²) in [5.74, 6) is -1.66. The van der Waals surface area contributed by atoms with Crippen LogP contribution in [-0.4, -0.2) is 48.9 Å². The molecule has 2 atom stereocenters. The largest absolute Gasteiger partial charge is 0.480 e. The summed E-state index contributed by atoms with van der Waals surface area (Å²) in [5, 5.41) is 11.1. The second-order valence-electron chi connectivity index (χ2n) is 6.16. The third kappa shape index (κ3) is 3.53. The highest BCUT2D eigenvalue weighted by Crippen LogP contribution is 2.24. The van der Waals surface area contributed by atoms with Gasteiger partial charge in [0.1, 0.15) is 12.1 Å². The number of fused-ring (bicyclic) bond motifs is 1. The summed E-state index contributed by atoms with van der Waals surface area (Å²) in [7, 11) is -3.93. The third-order valence-corrected chi connectivity index (χ3v) is 6.15. The number of rotatable bonds is 5. The van der Waals surface area contributed by atoms with Crippen molar-refractivity contribution in [2.45, 2.75) is 30.3 Å². The topological polar surface area (TPSA) is 104 Å². The maximum absolute atomic E-state index is 12.6. The van der Waals surface area contributed by atoms with Crippen LogP contribution in [0.2, 0.25) is 5.02 Å².